The number of ether oxygens (including phenoxy) is 2. The summed E-state index contributed by atoms with van der Waals surface area (Å²) in [6.07, 6.45) is 1.94. The van der Waals surface area contributed by atoms with E-state index in [9.17, 15) is 29.4 Å². The van der Waals surface area contributed by atoms with E-state index in [0.29, 0.717) is 40.9 Å². The van der Waals surface area contributed by atoms with E-state index in [0.717, 1.165) is 21.4 Å². The number of pyridine rings is 1. The zero-order valence-corrected chi connectivity index (χ0v) is 28.6. The molecule has 4 amide bonds. The number of phenolic OH excluding ortho intramolecular Hbond substituents is 1. The highest BCUT2D eigenvalue weighted by molar-refractivity contribution is 6.10. The minimum atomic E-state index is -1.14. The molecule has 0 radical (unpaired) electrons. The molecule has 3 heterocycles. The van der Waals surface area contributed by atoms with Gasteiger partial charge in [-0.3, -0.25) is 9.59 Å². The molecule has 3 aromatic carbocycles. The largest absolute Gasteiger partial charge is 0.508 e. The molecule has 15 nitrogen and oxygen atoms in total. The van der Waals surface area contributed by atoms with E-state index in [4.69, 9.17) is 14.6 Å². The molecule has 0 saturated carbocycles. The third kappa shape index (κ3) is 7.60. The fraction of sp³-hybridized carbons (Fsp3) is 0.270. The van der Waals surface area contributed by atoms with Crippen molar-refractivity contribution in [1.29, 1.82) is 0 Å². The first kappa shape index (κ1) is 35.6. The van der Waals surface area contributed by atoms with Crippen molar-refractivity contribution in [2.75, 3.05) is 63.3 Å². The quantitative estimate of drug-likeness (QED) is 0.136. The number of hydrogen-bond donors (Lipinski definition) is 4. The van der Waals surface area contributed by atoms with Crippen LogP contribution in [0.15, 0.2) is 73.1 Å². The van der Waals surface area contributed by atoms with Gasteiger partial charge >= 0.3 is 12.2 Å². The van der Waals surface area contributed by atoms with Crippen LogP contribution in [0.4, 0.5) is 21.0 Å². The number of amides is 4. The van der Waals surface area contributed by atoms with Gasteiger partial charge in [0.05, 0.1) is 31.2 Å². The number of carbonyl (C=O) groups is 4. The molecule has 0 saturated heterocycles. The summed E-state index contributed by atoms with van der Waals surface area (Å²) in [5.74, 6) is -0.439. The molecule has 0 aliphatic carbocycles. The van der Waals surface area contributed by atoms with Crippen LogP contribution in [0.2, 0.25) is 0 Å². The fourth-order valence-corrected chi connectivity index (χ4v) is 6.11. The minimum absolute atomic E-state index is 0.0298. The highest BCUT2D eigenvalue weighted by Crippen LogP contribution is 2.42. The van der Waals surface area contributed by atoms with Crippen LogP contribution in [0.5, 0.6) is 11.5 Å². The first-order valence-electron chi connectivity index (χ1n) is 16.6. The van der Waals surface area contributed by atoms with E-state index in [-0.39, 0.29) is 68.5 Å². The zero-order chi connectivity index (χ0) is 36.9. The molecule has 52 heavy (non-hydrogen) atoms. The van der Waals surface area contributed by atoms with E-state index >= 15 is 0 Å². The number of nitrogens with zero attached hydrogens (tertiary/aromatic N) is 5. The maximum absolute atomic E-state index is 14.1. The average Bonchev–Trinajstić information content (AvgIpc) is 3.75. The summed E-state index contributed by atoms with van der Waals surface area (Å²) in [5, 5.41) is 32.3. The monoisotopic (exact) mass is 710 g/mol. The predicted molar refractivity (Wildman–Crippen MR) is 191 cm³/mol. The Hall–Kier alpha value is -6.19. The molecule has 0 atom stereocenters. The summed E-state index contributed by atoms with van der Waals surface area (Å²) in [6.45, 7) is 2.48. The Morgan fingerprint density at radius 3 is 2.52 bits per heavy atom. The van der Waals surface area contributed by atoms with Crippen molar-refractivity contribution in [3.8, 4) is 11.5 Å². The van der Waals surface area contributed by atoms with Crippen molar-refractivity contribution < 1.29 is 44.0 Å². The van der Waals surface area contributed by atoms with Gasteiger partial charge in [-0.2, -0.15) is 0 Å². The summed E-state index contributed by atoms with van der Waals surface area (Å²) < 4.78 is 13.0. The highest BCUT2D eigenvalue weighted by Gasteiger charge is 2.31. The molecule has 0 unspecified atom stereocenters. The Bertz CT molecular complexity index is 2150. The van der Waals surface area contributed by atoms with Crippen molar-refractivity contribution in [3.63, 3.8) is 0 Å². The molecule has 15 heteroatoms. The number of benzene rings is 3. The highest BCUT2D eigenvalue weighted by atomic mass is 16.6. The zero-order valence-electron chi connectivity index (χ0n) is 28.6. The molecule has 0 bridgehead atoms. The Labute approximate surface area is 298 Å². The Morgan fingerprint density at radius 2 is 1.77 bits per heavy atom. The van der Waals surface area contributed by atoms with Crippen LogP contribution in [0, 0.1) is 6.92 Å². The van der Waals surface area contributed by atoms with E-state index in [2.05, 4.69) is 10.3 Å². The Kier molecular flexibility index (Phi) is 10.5. The number of aromatic hydroxyl groups is 1. The molecular formula is C37H38N6O9. The number of carbonyl (C=O) groups excluding carboxylic acids is 3. The summed E-state index contributed by atoms with van der Waals surface area (Å²) in [5.41, 5.74) is 3.96. The number of aromatic nitrogens is 2. The lowest BCUT2D eigenvalue weighted by Crippen LogP contribution is -2.42. The number of aryl methyl sites for hydroxylation is 1. The third-order valence-electron chi connectivity index (χ3n) is 8.82. The topological polar surface area (TPSA) is 186 Å². The lowest BCUT2D eigenvalue weighted by Gasteiger charge is -2.25. The molecule has 5 aromatic rings. The van der Waals surface area contributed by atoms with Crippen LogP contribution >= 0.6 is 0 Å². The summed E-state index contributed by atoms with van der Waals surface area (Å²) in [7, 11) is 1.40. The van der Waals surface area contributed by atoms with Crippen LogP contribution in [-0.2, 0) is 11.2 Å². The van der Waals surface area contributed by atoms with Crippen LogP contribution < -0.4 is 15.0 Å². The number of likely N-dealkylation sites (N-methyl/N-ethyl adjacent to an activating group) is 1. The number of hydrogen-bond acceptors (Lipinski definition) is 9. The van der Waals surface area contributed by atoms with Gasteiger partial charge in [-0.05, 0) is 66.3 Å². The maximum atomic E-state index is 14.1. The second-order valence-electron chi connectivity index (χ2n) is 12.3. The minimum Gasteiger partial charge on any atom is -0.508 e. The van der Waals surface area contributed by atoms with E-state index in [1.807, 2.05) is 25.1 Å². The maximum Gasteiger partial charge on any atom is 0.415 e. The van der Waals surface area contributed by atoms with Gasteiger partial charge in [-0.25, -0.2) is 14.6 Å². The third-order valence-corrected chi connectivity index (χ3v) is 8.82. The second kappa shape index (κ2) is 15.4. The molecule has 0 spiro atoms. The van der Waals surface area contributed by atoms with Crippen LogP contribution in [0.25, 0.3) is 16.4 Å². The van der Waals surface area contributed by atoms with Gasteiger partial charge in [0.1, 0.15) is 22.8 Å². The van der Waals surface area contributed by atoms with Gasteiger partial charge in [0.15, 0.2) is 0 Å². The first-order chi connectivity index (χ1) is 25.0. The van der Waals surface area contributed by atoms with Crippen molar-refractivity contribution in [3.05, 3.63) is 95.4 Å². The predicted octanol–water partition coefficient (Wildman–Crippen LogP) is 4.38. The smallest absolute Gasteiger partial charge is 0.415 e. The fourth-order valence-electron chi connectivity index (χ4n) is 6.11. The number of phenols is 1. The van der Waals surface area contributed by atoms with Crippen molar-refractivity contribution in [2.45, 2.75) is 13.3 Å². The first-order valence-corrected chi connectivity index (χ1v) is 16.6. The number of carboxylic acid groups (broad SMARTS) is 1. The number of rotatable bonds is 12. The number of nitrogens with one attached hydrogen (secondary N) is 1. The van der Waals surface area contributed by atoms with Crippen LogP contribution in [0.1, 0.15) is 32.0 Å². The van der Waals surface area contributed by atoms with Crippen LogP contribution in [-0.4, -0.2) is 112 Å². The van der Waals surface area contributed by atoms with Crippen molar-refractivity contribution >= 4 is 51.8 Å². The lowest BCUT2D eigenvalue weighted by molar-refractivity contribution is 0.0707. The molecule has 6 rings (SSSR count). The van der Waals surface area contributed by atoms with Crippen molar-refractivity contribution in [2.24, 2.45) is 0 Å². The van der Waals surface area contributed by atoms with Gasteiger partial charge in [0.25, 0.3) is 11.8 Å². The number of anilines is 2. The van der Waals surface area contributed by atoms with E-state index in [1.165, 1.54) is 36.2 Å². The molecule has 270 valence electrons. The number of aliphatic hydroxyl groups excluding tert-OH is 1. The molecule has 0 fully saturated rings. The lowest BCUT2D eigenvalue weighted by atomic mass is 9.97. The molecular weight excluding hydrogens is 672 g/mol. The Morgan fingerprint density at radius 1 is 0.981 bits per heavy atom. The van der Waals surface area contributed by atoms with E-state index in [1.54, 1.807) is 39.9 Å². The summed E-state index contributed by atoms with van der Waals surface area (Å²) in [6, 6.07) is 16.6. The van der Waals surface area contributed by atoms with Gasteiger partial charge in [0.2, 0.25) is 0 Å². The van der Waals surface area contributed by atoms with Gasteiger partial charge in [0, 0.05) is 62.6 Å². The van der Waals surface area contributed by atoms with E-state index < -0.39 is 12.2 Å². The average molecular weight is 711 g/mol. The molecule has 2 aromatic heterocycles. The Balaban J connectivity index is 1.26. The number of aliphatic hydroxyl groups is 1. The molecule has 1 aliphatic heterocycles. The van der Waals surface area contributed by atoms with Crippen LogP contribution in [0.3, 0.4) is 0 Å². The number of fused-ring (bicyclic) bond motifs is 4. The standard InChI is InChI=1S/C37H38N6O9/c1-23-4-3-5-28-31(52-37(50)41(16-18-51-19-17-44)15-14-40(2)36(48)49)20-30-27(33(23)28)12-13-43(30)35(47)29-22-42-21-25(8-11-32(42)39-29)38-34(46)24-6-9-26(45)10-7-24/h3-11,20-22,44-45H,12-19H2,1-2H3,(H,38,46)(H,48,49). The van der Waals surface area contributed by atoms with Gasteiger partial charge < -0.3 is 49.2 Å². The molecule has 4 N–H and O–H groups in total. The summed E-state index contributed by atoms with van der Waals surface area (Å²) >= 11 is 0. The number of imidazole rings is 1. The van der Waals surface area contributed by atoms with Gasteiger partial charge in [-0.15, -0.1) is 0 Å². The summed E-state index contributed by atoms with van der Waals surface area (Å²) in [4.78, 5) is 60.3. The van der Waals surface area contributed by atoms with Gasteiger partial charge in [-0.1, -0.05) is 18.2 Å². The normalized spacial score (nSPS) is 12.2. The second-order valence-corrected chi connectivity index (χ2v) is 12.3. The van der Waals surface area contributed by atoms with Crippen molar-refractivity contribution in [1.82, 2.24) is 19.2 Å². The SMILES string of the molecule is Cc1cccc2c(OC(=O)N(CCOCCO)CCN(C)C(=O)O)cc3c(c12)CCN3C(=O)c1cn2cc(NC(=O)c3ccc(O)cc3)ccc2n1. The molecule has 1 aliphatic rings.